The highest BCUT2D eigenvalue weighted by atomic mass is 16.5. The van der Waals surface area contributed by atoms with Gasteiger partial charge in [0.05, 0.1) is 31.7 Å². The Bertz CT molecular complexity index is 745. The Labute approximate surface area is 147 Å². The van der Waals surface area contributed by atoms with Crippen molar-refractivity contribution < 1.29 is 24.8 Å². The van der Waals surface area contributed by atoms with Crippen molar-refractivity contribution in [1.29, 1.82) is 0 Å². The Kier molecular flexibility index (Phi) is 6.76. The van der Waals surface area contributed by atoms with E-state index < -0.39 is 6.10 Å². The van der Waals surface area contributed by atoms with Crippen LogP contribution in [0.4, 0.5) is 11.4 Å². The van der Waals surface area contributed by atoms with Gasteiger partial charge in [-0.2, -0.15) is 0 Å². The van der Waals surface area contributed by atoms with Gasteiger partial charge < -0.3 is 36.3 Å². The van der Waals surface area contributed by atoms with Crippen molar-refractivity contribution in [2.75, 3.05) is 25.7 Å². The van der Waals surface area contributed by atoms with Crippen LogP contribution in [0.25, 0.3) is 0 Å². The monoisotopic (exact) mass is 350 g/mol. The summed E-state index contributed by atoms with van der Waals surface area (Å²) in [6.45, 7) is 5.07. The van der Waals surface area contributed by atoms with Crippen LogP contribution in [0.5, 0.6) is 23.0 Å². The molecular formula is C18H26N2O5. The number of benzene rings is 2. The van der Waals surface area contributed by atoms with Gasteiger partial charge >= 0.3 is 0 Å². The molecule has 0 spiro atoms. The topological polar surface area (TPSA) is 131 Å². The first-order chi connectivity index (χ1) is 11.6. The summed E-state index contributed by atoms with van der Waals surface area (Å²) >= 11 is 0. The van der Waals surface area contributed by atoms with E-state index >= 15 is 0 Å². The molecule has 138 valence electrons. The van der Waals surface area contributed by atoms with Crippen LogP contribution in [-0.2, 0) is 0 Å². The molecule has 0 radical (unpaired) electrons. The van der Waals surface area contributed by atoms with Gasteiger partial charge in [-0.05, 0) is 38.5 Å². The van der Waals surface area contributed by atoms with Crippen molar-refractivity contribution in [1.82, 2.24) is 0 Å². The molecular weight excluding hydrogens is 324 g/mol. The summed E-state index contributed by atoms with van der Waals surface area (Å²) in [5.74, 6) is 1.29. The normalized spacial score (nSPS) is 11.3. The molecule has 0 fully saturated rings. The van der Waals surface area contributed by atoms with E-state index in [9.17, 15) is 15.3 Å². The van der Waals surface area contributed by atoms with Crippen LogP contribution in [0.15, 0.2) is 18.2 Å². The van der Waals surface area contributed by atoms with Gasteiger partial charge in [-0.25, -0.2) is 0 Å². The number of methoxy groups -OCH3 is 2. The summed E-state index contributed by atoms with van der Waals surface area (Å²) in [5, 5.41) is 28.1. The fourth-order valence-corrected chi connectivity index (χ4v) is 2.19. The lowest BCUT2D eigenvalue weighted by atomic mass is 10.0. The highest BCUT2D eigenvalue weighted by Gasteiger charge is 2.16. The Balaban J connectivity index is 0.000000257. The average molecular weight is 350 g/mol. The molecule has 25 heavy (non-hydrogen) atoms. The predicted octanol–water partition coefficient (Wildman–Crippen LogP) is 2.64. The first-order valence-electron chi connectivity index (χ1n) is 7.61. The molecule has 0 aliphatic heterocycles. The van der Waals surface area contributed by atoms with Crippen molar-refractivity contribution in [3.63, 3.8) is 0 Å². The first-order valence-corrected chi connectivity index (χ1v) is 7.61. The minimum absolute atomic E-state index is 0.0687. The number of phenols is 2. The molecule has 0 amide bonds. The molecule has 1 unspecified atom stereocenters. The third-order valence-electron chi connectivity index (χ3n) is 3.79. The summed E-state index contributed by atoms with van der Waals surface area (Å²) in [6.07, 6.45) is -0.723. The van der Waals surface area contributed by atoms with E-state index in [-0.39, 0.29) is 11.5 Å². The minimum atomic E-state index is -0.723. The Morgan fingerprint density at radius 1 is 0.960 bits per heavy atom. The number of aliphatic hydroxyl groups excluding tert-OH is 1. The molecule has 7 N–H and O–H groups in total. The van der Waals surface area contributed by atoms with Gasteiger partial charge in [0.25, 0.3) is 0 Å². The molecule has 7 heteroatoms. The van der Waals surface area contributed by atoms with Crippen molar-refractivity contribution in [3.05, 3.63) is 34.9 Å². The molecule has 0 aliphatic rings. The second-order valence-electron chi connectivity index (χ2n) is 5.61. The van der Waals surface area contributed by atoms with Crippen molar-refractivity contribution in [2.24, 2.45) is 0 Å². The van der Waals surface area contributed by atoms with Crippen LogP contribution in [0.1, 0.15) is 29.7 Å². The second-order valence-corrected chi connectivity index (χ2v) is 5.61. The lowest BCUT2D eigenvalue weighted by Gasteiger charge is -2.16. The van der Waals surface area contributed by atoms with E-state index in [4.69, 9.17) is 20.9 Å². The van der Waals surface area contributed by atoms with Gasteiger partial charge in [-0.3, -0.25) is 0 Å². The number of rotatable bonds is 3. The van der Waals surface area contributed by atoms with Gasteiger partial charge in [0.1, 0.15) is 23.0 Å². The predicted molar refractivity (Wildman–Crippen MR) is 98.3 cm³/mol. The number of ether oxygens (including phenoxy) is 2. The molecule has 0 aliphatic carbocycles. The van der Waals surface area contributed by atoms with E-state index in [0.717, 1.165) is 5.56 Å². The zero-order valence-electron chi connectivity index (χ0n) is 15.1. The summed E-state index contributed by atoms with van der Waals surface area (Å²) in [5.41, 5.74) is 13.9. The third kappa shape index (κ3) is 4.60. The van der Waals surface area contributed by atoms with Gasteiger partial charge in [0.15, 0.2) is 0 Å². The number of nitrogens with two attached hydrogens (primary N) is 2. The maximum atomic E-state index is 9.50. The summed E-state index contributed by atoms with van der Waals surface area (Å²) in [4.78, 5) is 0. The van der Waals surface area contributed by atoms with E-state index in [1.165, 1.54) is 19.2 Å². The molecule has 0 saturated carbocycles. The molecule has 0 saturated heterocycles. The van der Waals surface area contributed by atoms with Gasteiger partial charge in [0, 0.05) is 17.2 Å². The van der Waals surface area contributed by atoms with Gasteiger partial charge in [-0.15, -0.1) is 0 Å². The number of hydrogen-bond acceptors (Lipinski definition) is 7. The molecule has 0 heterocycles. The standard InChI is InChI=1S/C10H15NO3.C8H11NO2/c1-5-8(13)4-7(6(2)12)10(14-3)9(5)11;1-5-3-8(11-2)6(9)4-7(5)10/h4,6,12-13H,11H2,1-3H3;3-4,10H,9H2,1-2H3. The van der Waals surface area contributed by atoms with Crippen molar-refractivity contribution >= 4 is 11.4 Å². The zero-order valence-corrected chi connectivity index (χ0v) is 15.1. The Morgan fingerprint density at radius 2 is 1.56 bits per heavy atom. The Hall–Kier alpha value is -2.80. The van der Waals surface area contributed by atoms with Crippen LogP contribution < -0.4 is 20.9 Å². The summed E-state index contributed by atoms with van der Waals surface area (Å²) in [7, 11) is 3.02. The SMILES string of the molecule is COc1c(C(C)O)cc(O)c(C)c1N.COc1cc(C)c(O)cc1N. The number of nitrogen functional groups attached to an aromatic ring is 2. The lowest BCUT2D eigenvalue weighted by Crippen LogP contribution is -2.02. The third-order valence-corrected chi connectivity index (χ3v) is 3.79. The van der Waals surface area contributed by atoms with Crippen LogP contribution in [-0.4, -0.2) is 29.5 Å². The van der Waals surface area contributed by atoms with Gasteiger partial charge in [0.2, 0.25) is 0 Å². The number of phenolic OH excluding ortho intramolecular Hbond substituents is 2. The minimum Gasteiger partial charge on any atom is -0.508 e. The number of hydrogen-bond donors (Lipinski definition) is 5. The quantitative estimate of drug-likeness (QED) is 0.538. The van der Waals surface area contributed by atoms with Gasteiger partial charge in [-0.1, -0.05) is 0 Å². The van der Waals surface area contributed by atoms with Crippen molar-refractivity contribution in [2.45, 2.75) is 26.9 Å². The average Bonchev–Trinajstić information content (AvgIpc) is 2.56. The maximum absolute atomic E-state index is 9.50. The number of aryl methyl sites for hydroxylation is 1. The highest BCUT2D eigenvalue weighted by molar-refractivity contribution is 5.66. The Morgan fingerprint density at radius 3 is 2.04 bits per heavy atom. The first kappa shape index (κ1) is 20.2. The zero-order chi connectivity index (χ0) is 19.3. The number of anilines is 2. The largest absolute Gasteiger partial charge is 0.508 e. The summed E-state index contributed by atoms with van der Waals surface area (Å²) < 4.78 is 10.0. The second kappa shape index (κ2) is 8.34. The molecule has 0 aromatic heterocycles. The molecule has 2 aromatic carbocycles. The van der Waals surface area contributed by atoms with E-state index in [2.05, 4.69) is 0 Å². The van der Waals surface area contributed by atoms with Crippen molar-refractivity contribution in [3.8, 4) is 23.0 Å². The molecule has 0 bridgehead atoms. The maximum Gasteiger partial charge on any atom is 0.148 e. The molecule has 2 rings (SSSR count). The van der Waals surface area contributed by atoms with E-state index in [1.807, 2.05) is 0 Å². The molecule has 7 nitrogen and oxygen atoms in total. The molecule has 2 aromatic rings. The fraction of sp³-hybridized carbons (Fsp3) is 0.333. The van der Waals surface area contributed by atoms with Crippen LogP contribution in [0.3, 0.4) is 0 Å². The van der Waals surface area contributed by atoms with E-state index in [1.54, 1.807) is 33.9 Å². The molecule has 1 atom stereocenters. The number of aliphatic hydroxyl groups is 1. The summed E-state index contributed by atoms with van der Waals surface area (Å²) in [6, 6.07) is 4.65. The lowest BCUT2D eigenvalue weighted by molar-refractivity contribution is 0.194. The van der Waals surface area contributed by atoms with Crippen LogP contribution in [0.2, 0.25) is 0 Å². The number of aromatic hydroxyl groups is 2. The fourth-order valence-electron chi connectivity index (χ4n) is 2.19. The highest BCUT2D eigenvalue weighted by Crippen LogP contribution is 2.38. The van der Waals surface area contributed by atoms with Crippen LogP contribution in [0, 0.1) is 13.8 Å². The van der Waals surface area contributed by atoms with Crippen LogP contribution >= 0.6 is 0 Å². The van der Waals surface area contributed by atoms with E-state index in [0.29, 0.717) is 34.0 Å². The smallest absolute Gasteiger partial charge is 0.148 e.